The monoisotopic (exact) mass is 365 g/mol. The van der Waals surface area contributed by atoms with Crippen LogP contribution in [0.1, 0.15) is 0 Å². The van der Waals surface area contributed by atoms with Crippen molar-refractivity contribution in [3.05, 3.63) is 23.5 Å². The molecule has 1 fully saturated rings. The summed E-state index contributed by atoms with van der Waals surface area (Å²) in [6.45, 7) is 2.76. The van der Waals surface area contributed by atoms with Gasteiger partial charge in [0.1, 0.15) is 23.5 Å². The van der Waals surface area contributed by atoms with Gasteiger partial charge in [-0.25, -0.2) is 9.97 Å². The Kier molecular flexibility index (Phi) is 5.30. The number of nitrogen functional groups attached to an aromatic ring is 1. The van der Waals surface area contributed by atoms with Gasteiger partial charge in [-0.05, 0) is 6.07 Å². The van der Waals surface area contributed by atoms with E-state index in [4.69, 9.17) is 31.5 Å². The van der Waals surface area contributed by atoms with Crippen molar-refractivity contribution in [1.82, 2.24) is 9.97 Å². The van der Waals surface area contributed by atoms with Crippen LogP contribution in [-0.4, -0.2) is 50.5 Å². The zero-order chi connectivity index (χ0) is 17.8. The Morgan fingerprint density at radius 3 is 2.56 bits per heavy atom. The van der Waals surface area contributed by atoms with E-state index < -0.39 is 0 Å². The molecule has 3 N–H and O–H groups in total. The zero-order valence-electron chi connectivity index (χ0n) is 14.1. The molecule has 0 atom stereocenters. The second kappa shape index (κ2) is 7.62. The summed E-state index contributed by atoms with van der Waals surface area (Å²) in [5, 5.41) is 3.62. The fraction of sp³-hybridized carbons (Fsp3) is 0.375. The van der Waals surface area contributed by atoms with E-state index in [0.717, 1.165) is 13.1 Å². The van der Waals surface area contributed by atoms with Crippen LogP contribution in [0.15, 0.2) is 18.5 Å². The molecule has 8 nitrogen and oxygen atoms in total. The van der Waals surface area contributed by atoms with Crippen LogP contribution in [-0.2, 0) is 4.74 Å². The molecule has 0 radical (unpaired) electrons. The molecule has 0 saturated carbocycles. The molecule has 9 heteroatoms. The number of rotatable bonds is 5. The van der Waals surface area contributed by atoms with Crippen LogP contribution in [0.2, 0.25) is 5.02 Å². The predicted molar refractivity (Wildman–Crippen MR) is 97.3 cm³/mol. The third-order valence-corrected chi connectivity index (χ3v) is 4.20. The number of hydrogen-bond acceptors (Lipinski definition) is 8. The van der Waals surface area contributed by atoms with Gasteiger partial charge in [0.15, 0.2) is 11.6 Å². The molecule has 3 rings (SSSR count). The van der Waals surface area contributed by atoms with Crippen molar-refractivity contribution in [2.75, 3.05) is 56.5 Å². The second-order valence-electron chi connectivity index (χ2n) is 5.37. The van der Waals surface area contributed by atoms with Crippen LogP contribution in [0.3, 0.4) is 0 Å². The first-order valence-corrected chi connectivity index (χ1v) is 8.13. The fourth-order valence-electron chi connectivity index (χ4n) is 2.60. The van der Waals surface area contributed by atoms with Gasteiger partial charge in [-0.1, -0.05) is 11.6 Å². The standard InChI is InChI=1S/C16H20ClN5O3/c1-23-12-8-13(24-2)11(7-10(12)17)21-15-14(18)16(20-9-19-15)22-3-5-25-6-4-22/h7-9H,3-6,18H2,1-2H3,(H,19,20,21). The summed E-state index contributed by atoms with van der Waals surface area (Å²) in [4.78, 5) is 10.6. The van der Waals surface area contributed by atoms with Gasteiger partial charge < -0.3 is 30.2 Å². The van der Waals surface area contributed by atoms with E-state index in [0.29, 0.717) is 52.7 Å². The van der Waals surface area contributed by atoms with Gasteiger partial charge in [0.2, 0.25) is 0 Å². The Hall–Kier alpha value is -2.45. The molecule has 0 unspecified atom stereocenters. The topological polar surface area (TPSA) is 94.8 Å². The van der Waals surface area contributed by atoms with Crippen LogP contribution >= 0.6 is 11.6 Å². The lowest BCUT2D eigenvalue weighted by atomic mass is 10.2. The van der Waals surface area contributed by atoms with E-state index >= 15 is 0 Å². The summed E-state index contributed by atoms with van der Waals surface area (Å²) in [6, 6.07) is 3.40. The second-order valence-corrected chi connectivity index (χ2v) is 5.78. The molecule has 2 heterocycles. The summed E-state index contributed by atoms with van der Waals surface area (Å²) in [5.41, 5.74) is 7.37. The van der Waals surface area contributed by atoms with E-state index in [9.17, 15) is 0 Å². The van der Waals surface area contributed by atoms with E-state index in [2.05, 4.69) is 20.2 Å². The minimum Gasteiger partial charge on any atom is -0.495 e. The summed E-state index contributed by atoms with van der Waals surface area (Å²) >= 11 is 6.21. The highest BCUT2D eigenvalue weighted by Crippen LogP contribution is 2.38. The molecule has 2 aromatic rings. The van der Waals surface area contributed by atoms with Crippen LogP contribution < -0.4 is 25.4 Å². The molecule has 1 aliphatic rings. The zero-order valence-corrected chi connectivity index (χ0v) is 14.8. The van der Waals surface area contributed by atoms with Gasteiger partial charge in [-0.2, -0.15) is 0 Å². The Balaban J connectivity index is 1.92. The molecule has 1 aromatic heterocycles. The normalized spacial score (nSPS) is 14.3. The van der Waals surface area contributed by atoms with Crippen molar-refractivity contribution < 1.29 is 14.2 Å². The smallest absolute Gasteiger partial charge is 0.159 e. The summed E-state index contributed by atoms with van der Waals surface area (Å²) in [7, 11) is 3.11. The molecule has 0 amide bonds. The molecule has 0 spiro atoms. The maximum Gasteiger partial charge on any atom is 0.159 e. The lowest BCUT2D eigenvalue weighted by molar-refractivity contribution is 0.122. The van der Waals surface area contributed by atoms with Crippen molar-refractivity contribution in [1.29, 1.82) is 0 Å². The van der Waals surface area contributed by atoms with Crippen molar-refractivity contribution in [2.45, 2.75) is 0 Å². The molecule has 0 aliphatic carbocycles. The van der Waals surface area contributed by atoms with Crippen molar-refractivity contribution >= 4 is 34.6 Å². The minimum atomic E-state index is 0.451. The van der Waals surface area contributed by atoms with Crippen molar-refractivity contribution in [3.8, 4) is 11.5 Å². The highest BCUT2D eigenvalue weighted by molar-refractivity contribution is 6.32. The van der Waals surface area contributed by atoms with E-state index in [1.807, 2.05) is 0 Å². The molecule has 1 aliphatic heterocycles. The summed E-state index contributed by atoms with van der Waals surface area (Å²) in [5.74, 6) is 2.25. The largest absolute Gasteiger partial charge is 0.495 e. The first-order chi connectivity index (χ1) is 12.1. The van der Waals surface area contributed by atoms with Crippen molar-refractivity contribution in [2.24, 2.45) is 0 Å². The Morgan fingerprint density at radius 2 is 1.88 bits per heavy atom. The van der Waals surface area contributed by atoms with Crippen molar-refractivity contribution in [3.63, 3.8) is 0 Å². The Labute approximate surface area is 150 Å². The van der Waals surface area contributed by atoms with Gasteiger partial charge in [0.05, 0.1) is 38.1 Å². The molecular weight excluding hydrogens is 346 g/mol. The van der Waals surface area contributed by atoms with Crippen LogP contribution in [0, 0.1) is 0 Å². The summed E-state index contributed by atoms with van der Waals surface area (Å²) in [6.07, 6.45) is 1.47. The molecule has 134 valence electrons. The number of morpholine rings is 1. The number of ether oxygens (including phenoxy) is 3. The average Bonchev–Trinajstić information content (AvgIpc) is 2.64. The predicted octanol–water partition coefficient (Wildman–Crippen LogP) is 2.31. The van der Waals surface area contributed by atoms with E-state index in [-0.39, 0.29) is 0 Å². The number of nitrogens with zero attached hydrogens (tertiary/aromatic N) is 3. The highest BCUT2D eigenvalue weighted by Gasteiger charge is 2.19. The number of benzene rings is 1. The fourth-order valence-corrected chi connectivity index (χ4v) is 2.84. The van der Waals surface area contributed by atoms with Gasteiger partial charge in [-0.15, -0.1) is 0 Å². The minimum absolute atomic E-state index is 0.451. The number of nitrogens with one attached hydrogen (secondary N) is 1. The summed E-state index contributed by atoms with van der Waals surface area (Å²) < 4.78 is 16.0. The maximum absolute atomic E-state index is 6.28. The highest BCUT2D eigenvalue weighted by atomic mass is 35.5. The Morgan fingerprint density at radius 1 is 1.16 bits per heavy atom. The molecule has 0 bridgehead atoms. The van der Waals surface area contributed by atoms with Crippen LogP contribution in [0.4, 0.5) is 23.0 Å². The van der Waals surface area contributed by atoms with Gasteiger partial charge in [-0.3, -0.25) is 0 Å². The number of anilines is 4. The number of hydrogen-bond donors (Lipinski definition) is 2. The lowest BCUT2D eigenvalue weighted by Gasteiger charge is -2.29. The SMILES string of the molecule is COc1cc(OC)c(Nc2ncnc(N3CCOCC3)c2N)cc1Cl. The third kappa shape index (κ3) is 3.64. The van der Waals surface area contributed by atoms with E-state index in [1.165, 1.54) is 6.33 Å². The van der Waals surface area contributed by atoms with Gasteiger partial charge >= 0.3 is 0 Å². The number of halogens is 1. The molecule has 1 saturated heterocycles. The Bertz CT molecular complexity index is 753. The van der Waals surface area contributed by atoms with Gasteiger partial charge in [0.25, 0.3) is 0 Å². The van der Waals surface area contributed by atoms with E-state index in [1.54, 1.807) is 26.4 Å². The maximum atomic E-state index is 6.28. The quantitative estimate of drug-likeness (QED) is 0.833. The molecule has 25 heavy (non-hydrogen) atoms. The number of methoxy groups -OCH3 is 2. The van der Waals surface area contributed by atoms with Crippen LogP contribution in [0.5, 0.6) is 11.5 Å². The average molecular weight is 366 g/mol. The lowest BCUT2D eigenvalue weighted by Crippen LogP contribution is -2.37. The number of aromatic nitrogens is 2. The van der Waals surface area contributed by atoms with Crippen LogP contribution in [0.25, 0.3) is 0 Å². The number of nitrogens with two attached hydrogens (primary N) is 1. The third-order valence-electron chi connectivity index (χ3n) is 3.90. The first kappa shape index (κ1) is 17.4. The first-order valence-electron chi connectivity index (χ1n) is 7.75. The molecule has 1 aromatic carbocycles. The molecular formula is C16H20ClN5O3. The van der Waals surface area contributed by atoms with Gasteiger partial charge in [0, 0.05) is 19.2 Å².